The van der Waals surface area contributed by atoms with Gasteiger partial charge in [0.15, 0.2) is 5.75 Å². The number of ether oxygens (including phenoxy) is 6. The molecule has 11 nitrogen and oxygen atoms in total. The summed E-state index contributed by atoms with van der Waals surface area (Å²) in [5, 5.41) is 0. The molecule has 220 valence electrons. The van der Waals surface area contributed by atoms with E-state index in [2.05, 4.69) is 9.64 Å². The molecule has 3 rings (SSSR count). The van der Waals surface area contributed by atoms with Gasteiger partial charge >= 0.3 is 23.9 Å². The third-order valence-electron chi connectivity index (χ3n) is 6.98. The van der Waals surface area contributed by atoms with Gasteiger partial charge in [-0.05, 0) is 38.7 Å². The molecule has 0 unspecified atom stereocenters. The highest BCUT2D eigenvalue weighted by atomic mass is 16.6. The Bertz CT molecular complexity index is 1120. The van der Waals surface area contributed by atoms with Gasteiger partial charge in [0, 0.05) is 50.0 Å². The van der Waals surface area contributed by atoms with E-state index in [9.17, 15) is 19.2 Å². The van der Waals surface area contributed by atoms with E-state index >= 15 is 0 Å². The molecule has 0 bridgehead atoms. The van der Waals surface area contributed by atoms with Gasteiger partial charge in [0.2, 0.25) is 0 Å². The summed E-state index contributed by atoms with van der Waals surface area (Å²) in [5.74, 6) is -1.23. The van der Waals surface area contributed by atoms with Crippen molar-refractivity contribution in [1.82, 2.24) is 4.90 Å². The van der Waals surface area contributed by atoms with Crippen molar-refractivity contribution in [3.8, 4) is 11.5 Å². The number of carbonyl (C=O) groups is 4. The Hall–Kier alpha value is -3.44. The maximum absolute atomic E-state index is 12.7. The molecule has 2 aliphatic heterocycles. The summed E-state index contributed by atoms with van der Waals surface area (Å²) in [6.45, 7) is 7.90. The van der Waals surface area contributed by atoms with Crippen LogP contribution in [0.5, 0.6) is 11.5 Å². The number of fused-ring (bicyclic) bond motifs is 1. The number of esters is 4. The van der Waals surface area contributed by atoms with Crippen LogP contribution in [-0.2, 0) is 46.4 Å². The van der Waals surface area contributed by atoms with Gasteiger partial charge in [-0.3, -0.25) is 19.3 Å². The molecule has 1 fully saturated rings. The largest absolute Gasteiger partial charge is 0.496 e. The average Bonchev–Trinajstić information content (AvgIpc) is 3.34. The first kappa shape index (κ1) is 31.1. The minimum atomic E-state index is -0.585. The molecular weight excluding hydrogens is 522 g/mol. The quantitative estimate of drug-likeness (QED) is 0.144. The van der Waals surface area contributed by atoms with Gasteiger partial charge in [-0.1, -0.05) is 11.6 Å². The van der Waals surface area contributed by atoms with Crippen molar-refractivity contribution >= 4 is 23.9 Å². The fourth-order valence-corrected chi connectivity index (χ4v) is 4.63. The molecule has 40 heavy (non-hydrogen) atoms. The number of cyclic esters (lactones) is 1. The molecule has 0 spiro atoms. The van der Waals surface area contributed by atoms with E-state index < -0.39 is 17.9 Å². The van der Waals surface area contributed by atoms with E-state index in [1.165, 1.54) is 14.2 Å². The van der Waals surface area contributed by atoms with Crippen LogP contribution in [0.15, 0.2) is 11.6 Å². The molecule has 1 aromatic carbocycles. The van der Waals surface area contributed by atoms with E-state index in [1.807, 2.05) is 19.9 Å². The summed E-state index contributed by atoms with van der Waals surface area (Å²) >= 11 is 0. The SMILES string of the molecule is COC(=O)CCCC(=O)Oc1c(C/C=C(\C)CCC(=O)OCCN2CCOCC2)c(OC)c(C)c2c1C(=O)OC2. The van der Waals surface area contributed by atoms with Gasteiger partial charge < -0.3 is 28.4 Å². The number of benzene rings is 1. The van der Waals surface area contributed by atoms with E-state index in [0.29, 0.717) is 56.1 Å². The van der Waals surface area contributed by atoms with Gasteiger partial charge in [0.05, 0.1) is 27.4 Å². The molecule has 0 amide bonds. The van der Waals surface area contributed by atoms with Gasteiger partial charge in [-0.25, -0.2) is 4.79 Å². The molecule has 0 saturated carbocycles. The van der Waals surface area contributed by atoms with Crippen molar-refractivity contribution < 1.29 is 47.6 Å². The first-order valence-electron chi connectivity index (χ1n) is 13.5. The number of nitrogens with zero attached hydrogens (tertiary/aromatic N) is 1. The summed E-state index contributed by atoms with van der Waals surface area (Å²) < 4.78 is 31.9. The fraction of sp³-hybridized carbons (Fsp3) is 0.586. The van der Waals surface area contributed by atoms with Crippen LogP contribution in [0.25, 0.3) is 0 Å². The van der Waals surface area contributed by atoms with E-state index in [4.69, 9.17) is 23.7 Å². The third-order valence-corrected chi connectivity index (χ3v) is 6.98. The number of rotatable bonds is 14. The number of carbonyl (C=O) groups excluding carboxylic acids is 4. The summed E-state index contributed by atoms with van der Waals surface area (Å²) in [5.41, 5.74) is 3.03. The predicted molar refractivity (Wildman–Crippen MR) is 143 cm³/mol. The Morgan fingerprint density at radius 1 is 0.975 bits per heavy atom. The van der Waals surface area contributed by atoms with Crippen LogP contribution in [0.2, 0.25) is 0 Å². The second kappa shape index (κ2) is 15.4. The summed E-state index contributed by atoms with van der Waals surface area (Å²) in [4.78, 5) is 51.1. The fourth-order valence-electron chi connectivity index (χ4n) is 4.63. The Labute approximate surface area is 234 Å². The number of methoxy groups -OCH3 is 2. The highest BCUT2D eigenvalue weighted by Gasteiger charge is 2.34. The van der Waals surface area contributed by atoms with Gasteiger partial charge in [-0.2, -0.15) is 0 Å². The van der Waals surface area contributed by atoms with Crippen LogP contribution >= 0.6 is 0 Å². The van der Waals surface area contributed by atoms with E-state index in [0.717, 1.165) is 24.2 Å². The maximum Gasteiger partial charge on any atom is 0.342 e. The van der Waals surface area contributed by atoms with Crippen LogP contribution in [-0.4, -0.2) is 82.5 Å². The van der Waals surface area contributed by atoms with E-state index in [-0.39, 0.29) is 49.6 Å². The normalized spacial score (nSPS) is 15.3. The lowest BCUT2D eigenvalue weighted by molar-refractivity contribution is -0.144. The number of hydrogen-bond donors (Lipinski definition) is 0. The topological polar surface area (TPSA) is 127 Å². The van der Waals surface area contributed by atoms with Crippen molar-refractivity contribution in [2.45, 2.75) is 59.0 Å². The molecule has 11 heteroatoms. The third kappa shape index (κ3) is 8.53. The van der Waals surface area contributed by atoms with Gasteiger partial charge in [-0.15, -0.1) is 0 Å². The zero-order valence-electron chi connectivity index (χ0n) is 23.8. The zero-order chi connectivity index (χ0) is 29.1. The Morgan fingerprint density at radius 3 is 2.40 bits per heavy atom. The minimum absolute atomic E-state index is 0.0307. The molecule has 0 atom stereocenters. The predicted octanol–water partition coefficient (Wildman–Crippen LogP) is 3.07. The highest BCUT2D eigenvalue weighted by Crippen LogP contribution is 2.43. The molecular formula is C29H39NO10. The Balaban J connectivity index is 1.67. The molecule has 1 aromatic rings. The van der Waals surface area contributed by atoms with Crippen molar-refractivity contribution in [2.24, 2.45) is 0 Å². The molecule has 0 radical (unpaired) electrons. The first-order chi connectivity index (χ1) is 19.2. The molecule has 0 N–H and O–H groups in total. The van der Waals surface area contributed by atoms with Crippen LogP contribution in [0, 0.1) is 6.92 Å². The maximum atomic E-state index is 12.7. The molecule has 1 saturated heterocycles. The Morgan fingerprint density at radius 2 is 1.70 bits per heavy atom. The molecule has 0 aliphatic carbocycles. The van der Waals surface area contributed by atoms with E-state index in [1.54, 1.807) is 0 Å². The van der Waals surface area contributed by atoms with Gasteiger partial charge in [0.25, 0.3) is 0 Å². The zero-order valence-corrected chi connectivity index (χ0v) is 23.8. The lowest BCUT2D eigenvalue weighted by atomic mass is 9.94. The smallest absolute Gasteiger partial charge is 0.342 e. The van der Waals surface area contributed by atoms with Crippen LogP contribution < -0.4 is 9.47 Å². The highest BCUT2D eigenvalue weighted by molar-refractivity contribution is 5.99. The summed E-state index contributed by atoms with van der Waals surface area (Å²) in [6, 6.07) is 0. The lowest BCUT2D eigenvalue weighted by Crippen LogP contribution is -2.38. The second-order valence-electron chi connectivity index (χ2n) is 9.73. The number of hydrogen-bond acceptors (Lipinski definition) is 11. The monoisotopic (exact) mass is 561 g/mol. The molecule has 2 heterocycles. The number of morpholine rings is 1. The number of allylic oxidation sites excluding steroid dienone is 2. The minimum Gasteiger partial charge on any atom is -0.496 e. The van der Waals surface area contributed by atoms with Crippen molar-refractivity contribution in [1.29, 1.82) is 0 Å². The Kier molecular flexibility index (Phi) is 12.0. The van der Waals surface area contributed by atoms with Crippen molar-refractivity contribution in [2.75, 3.05) is 53.7 Å². The average molecular weight is 562 g/mol. The first-order valence-corrected chi connectivity index (χ1v) is 13.5. The van der Waals surface area contributed by atoms with Crippen LogP contribution in [0.4, 0.5) is 0 Å². The second-order valence-corrected chi connectivity index (χ2v) is 9.73. The lowest BCUT2D eigenvalue weighted by Gasteiger charge is -2.26. The molecule has 2 aliphatic rings. The molecule has 0 aromatic heterocycles. The summed E-state index contributed by atoms with van der Waals surface area (Å²) in [6.07, 6.45) is 3.24. The van der Waals surface area contributed by atoms with Crippen LogP contribution in [0.3, 0.4) is 0 Å². The van der Waals surface area contributed by atoms with Crippen LogP contribution in [0.1, 0.15) is 66.1 Å². The van der Waals surface area contributed by atoms with Gasteiger partial charge in [0.1, 0.15) is 24.5 Å². The summed E-state index contributed by atoms with van der Waals surface area (Å²) in [7, 11) is 2.80. The van der Waals surface area contributed by atoms with Crippen molar-refractivity contribution in [3.05, 3.63) is 33.9 Å². The standard InChI is InChI=1S/C29H39NO10/c1-19(9-11-24(32)38-17-14-30-12-15-37-16-13-30)8-10-21-27(36-4)20(2)22-18-39-29(34)26(22)28(21)40-25(33)7-5-6-23(31)35-3/h8H,5-7,9-18H2,1-4H3/b19-8+. The van der Waals surface area contributed by atoms with Crippen molar-refractivity contribution in [3.63, 3.8) is 0 Å².